The number of rotatable bonds is 5. The molecular weight excluding hydrogens is 384 g/mol. The highest BCUT2D eigenvalue weighted by Crippen LogP contribution is 2.28. The number of nitro groups is 1. The molecule has 134 valence electrons. The minimum absolute atomic E-state index is 0.0212. The Morgan fingerprint density at radius 2 is 2.00 bits per heavy atom. The topological polar surface area (TPSA) is 90.9 Å². The Hall–Kier alpha value is -3.17. The minimum Gasteiger partial charge on any atom is -0.268 e. The summed E-state index contributed by atoms with van der Waals surface area (Å²) in [5.41, 5.74) is 1.54. The summed E-state index contributed by atoms with van der Waals surface area (Å²) in [6, 6.07) is 13.1. The van der Waals surface area contributed by atoms with E-state index in [1.807, 2.05) is 22.9 Å². The highest BCUT2D eigenvalue weighted by atomic mass is 32.1. The number of benzene rings is 1. The highest BCUT2D eigenvalue weighted by molar-refractivity contribution is 7.20. The van der Waals surface area contributed by atoms with Crippen molar-refractivity contribution in [3.05, 3.63) is 85.5 Å². The maximum atomic E-state index is 12.2. The van der Waals surface area contributed by atoms with Crippen LogP contribution in [0, 0.1) is 10.1 Å². The Kier molecular flexibility index (Phi) is 4.61. The SMILES string of the molecule is O=c1ccc(-c2cccc([N+](=O)[O-])c2)nn1Cc1csc(-c2cccs2)n1. The van der Waals surface area contributed by atoms with Crippen LogP contribution in [0.1, 0.15) is 5.69 Å². The zero-order valence-corrected chi connectivity index (χ0v) is 15.4. The Bertz CT molecular complexity index is 1170. The van der Waals surface area contributed by atoms with Crippen LogP contribution in [0.25, 0.3) is 21.1 Å². The fourth-order valence-electron chi connectivity index (χ4n) is 2.54. The zero-order valence-electron chi connectivity index (χ0n) is 13.8. The first-order valence-corrected chi connectivity index (χ1v) is 9.67. The van der Waals surface area contributed by atoms with E-state index in [-0.39, 0.29) is 17.8 Å². The smallest absolute Gasteiger partial charge is 0.268 e. The van der Waals surface area contributed by atoms with Crippen LogP contribution < -0.4 is 5.56 Å². The van der Waals surface area contributed by atoms with Gasteiger partial charge in [-0.25, -0.2) is 9.67 Å². The highest BCUT2D eigenvalue weighted by Gasteiger charge is 2.11. The van der Waals surface area contributed by atoms with Gasteiger partial charge in [-0.1, -0.05) is 18.2 Å². The van der Waals surface area contributed by atoms with Gasteiger partial charge in [-0.05, 0) is 17.5 Å². The molecular formula is C18H12N4O3S2. The molecule has 7 nitrogen and oxygen atoms in total. The van der Waals surface area contributed by atoms with E-state index < -0.39 is 4.92 Å². The molecule has 0 spiro atoms. The standard InChI is InChI=1S/C18H12N4O3S2/c23-17-7-6-15(12-3-1-4-14(9-12)22(24)25)20-21(17)10-13-11-27-18(19-13)16-5-2-8-26-16/h1-9,11H,10H2. The zero-order chi connectivity index (χ0) is 18.8. The van der Waals surface area contributed by atoms with Gasteiger partial charge in [0.1, 0.15) is 5.01 Å². The van der Waals surface area contributed by atoms with Gasteiger partial charge in [0.25, 0.3) is 11.2 Å². The van der Waals surface area contributed by atoms with Gasteiger partial charge in [0.05, 0.1) is 27.7 Å². The fourth-order valence-corrected chi connectivity index (χ4v) is 4.17. The van der Waals surface area contributed by atoms with Crippen molar-refractivity contribution >= 4 is 28.4 Å². The van der Waals surface area contributed by atoms with Crippen molar-refractivity contribution in [2.24, 2.45) is 0 Å². The van der Waals surface area contributed by atoms with Gasteiger partial charge in [-0.2, -0.15) is 5.10 Å². The van der Waals surface area contributed by atoms with Crippen molar-refractivity contribution in [3.63, 3.8) is 0 Å². The molecule has 1 aromatic carbocycles. The molecule has 3 heterocycles. The Morgan fingerprint density at radius 3 is 2.78 bits per heavy atom. The van der Waals surface area contributed by atoms with Gasteiger partial charge in [0, 0.05) is 29.1 Å². The van der Waals surface area contributed by atoms with E-state index in [4.69, 9.17) is 0 Å². The second kappa shape index (κ2) is 7.22. The Morgan fingerprint density at radius 1 is 1.11 bits per heavy atom. The molecule has 0 radical (unpaired) electrons. The molecule has 0 fully saturated rings. The summed E-state index contributed by atoms with van der Waals surface area (Å²) in [6.45, 7) is 0.240. The molecule has 0 aliphatic rings. The van der Waals surface area contributed by atoms with Crippen LogP contribution in [0.3, 0.4) is 0 Å². The first kappa shape index (κ1) is 17.3. The lowest BCUT2D eigenvalue weighted by molar-refractivity contribution is -0.384. The lowest BCUT2D eigenvalue weighted by Crippen LogP contribution is -2.23. The van der Waals surface area contributed by atoms with Crippen molar-refractivity contribution in [2.45, 2.75) is 6.54 Å². The van der Waals surface area contributed by atoms with Crippen molar-refractivity contribution in [3.8, 4) is 21.1 Å². The van der Waals surface area contributed by atoms with Crippen LogP contribution in [0.5, 0.6) is 0 Å². The van der Waals surface area contributed by atoms with E-state index in [9.17, 15) is 14.9 Å². The van der Waals surface area contributed by atoms with Gasteiger partial charge in [-0.15, -0.1) is 22.7 Å². The normalized spacial score (nSPS) is 10.8. The van der Waals surface area contributed by atoms with Crippen molar-refractivity contribution in [1.82, 2.24) is 14.8 Å². The largest absolute Gasteiger partial charge is 0.270 e. The Balaban J connectivity index is 1.64. The molecule has 0 atom stereocenters. The van der Waals surface area contributed by atoms with E-state index in [0.29, 0.717) is 11.3 Å². The van der Waals surface area contributed by atoms with Crippen molar-refractivity contribution < 1.29 is 4.92 Å². The molecule has 0 unspecified atom stereocenters. The molecule has 3 aromatic heterocycles. The van der Waals surface area contributed by atoms with Crippen LogP contribution in [-0.2, 0) is 6.54 Å². The maximum Gasteiger partial charge on any atom is 0.270 e. The molecule has 4 aromatic rings. The average molecular weight is 396 g/mol. The molecule has 0 N–H and O–H groups in total. The first-order chi connectivity index (χ1) is 13.1. The second-order valence-electron chi connectivity index (χ2n) is 5.64. The summed E-state index contributed by atoms with van der Waals surface area (Å²) >= 11 is 3.13. The van der Waals surface area contributed by atoms with Crippen LogP contribution in [0.15, 0.2) is 64.1 Å². The molecule has 0 saturated carbocycles. The van der Waals surface area contributed by atoms with Gasteiger partial charge in [-0.3, -0.25) is 14.9 Å². The molecule has 9 heteroatoms. The van der Waals surface area contributed by atoms with E-state index in [1.165, 1.54) is 34.2 Å². The maximum absolute atomic E-state index is 12.2. The predicted molar refractivity (Wildman–Crippen MR) is 105 cm³/mol. The van der Waals surface area contributed by atoms with Gasteiger partial charge in [0.2, 0.25) is 0 Å². The summed E-state index contributed by atoms with van der Waals surface area (Å²) in [5, 5.41) is 20.1. The van der Waals surface area contributed by atoms with Crippen molar-refractivity contribution in [1.29, 1.82) is 0 Å². The van der Waals surface area contributed by atoms with E-state index in [2.05, 4.69) is 10.1 Å². The molecule has 0 aliphatic heterocycles. The van der Waals surface area contributed by atoms with Crippen LogP contribution in [0.2, 0.25) is 0 Å². The lowest BCUT2D eigenvalue weighted by atomic mass is 10.1. The van der Waals surface area contributed by atoms with Crippen LogP contribution in [-0.4, -0.2) is 19.7 Å². The number of nitro benzene ring substituents is 1. The first-order valence-electron chi connectivity index (χ1n) is 7.91. The summed E-state index contributed by atoms with van der Waals surface area (Å²) in [6.07, 6.45) is 0. The van der Waals surface area contributed by atoms with Gasteiger partial charge >= 0.3 is 0 Å². The molecule has 0 bridgehead atoms. The average Bonchev–Trinajstić information content (AvgIpc) is 3.35. The van der Waals surface area contributed by atoms with Crippen LogP contribution in [0.4, 0.5) is 5.69 Å². The van der Waals surface area contributed by atoms with Crippen molar-refractivity contribution in [2.75, 3.05) is 0 Å². The van der Waals surface area contributed by atoms with Gasteiger partial charge < -0.3 is 0 Å². The molecule has 27 heavy (non-hydrogen) atoms. The third kappa shape index (κ3) is 3.69. The third-order valence-corrected chi connectivity index (χ3v) is 5.75. The number of hydrogen-bond donors (Lipinski definition) is 0. The third-order valence-electron chi connectivity index (χ3n) is 3.81. The van der Waals surface area contributed by atoms with Gasteiger partial charge in [0.15, 0.2) is 0 Å². The lowest BCUT2D eigenvalue weighted by Gasteiger charge is -2.06. The number of thiazole rings is 1. The van der Waals surface area contributed by atoms with E-state index in [0.717, 1.165) is 15.6 Å². The molecule has 4 rings (SSSR count). The molecule has 0 saturated heterocycles. The van der Waals surface area contributed by atoms with E-state index >= 15 is 0 Å². The number of nitrogens with zero attached hydrogens (tertiary/aromatic N) is 4. The summed E-state index contributed by atoms with van der Waals surface area (Å²) in [5.74, 6) is 0. The van der Waals surface area contributed by atoms with E-state index in [1.54, 1.807) is 29.5 Å². The Labute approximate surface area is 161 Å². The molecule has 0 amide bonds. The number of aromatic nitrogens is 3. The quantitative estimate of drug-likeness (QED) is 0.375. The number of thiophene rings is 1. The monoisotopic (exact) mass is 396 g/mol. The minimum atomic E-state index is -0.457. The summed E-state index contributed by atoms with van der Waals surface area (Å²) < 4.78 is 1.32. The number of hydrogen-bond acceptors (Lipinski definition) is 7. The van der Waals surface area contributed by atoms with Crippen LogP contribution >= 0.6 is 22.7 Å². The predicted octanol–water partition coefficient (Wildman–Crippen LogP) is 4.05. The fraction of sp³-hybridized carbons (Fsp3) is 0.0556. The summed E-state index contributed by atoms with van der Waals surface area (Å²) in [4.78, 5) is 28.3. The molecule has 0 aliphatic carbocycles. The number of non-ortho nitro benzene ring substituents is 1. The summed E-state index contributed by atoms with van der Waals surface area (Å²) in [7, 11) is 0. The second-order valence-corrected chi connectivity index (χ2v) is 7.45.